The van der Waals surface area contributed by atoms with E-state index in [0.29, 0.717) is 16.4 Å². The standard InChI is InChI=1S/C22H25ClN2O/c1-3-4-6-9-15-12-17(14-18(23)13-15)19-21(26)20(25(2)22(19)24)16-10-7-5-8-11-16/h5,7-8,10-14,20H,3-4,6,9,24H2,1-2H3. The van der Waals surface area contributed by atoms with E-state index in [9.17, 15) is 4.79 Å². The molecule has 136 valence electrons. The second-order valence-electron chi connectivity index (χ2n) is 6.85. The largest absolute Gasteiger partial charge is 0.385 e. The average Bonchev–Trinajstić information content (AvgIpc) is 2.84. The molecule has 3 rings (SSSR count). The predicted molar refractivity (Wildman–Crippen MR) is 108 cm³/mol. The van der Waals surface area contributed by atoms with Gasteiger partial charge in [-0.05, 0) is 41.7 Å². The molecule has 0 bridgehead atoms. The SMILES string of the molecule is CCCCCc1cc(Cl)cc(C2=C(N)N(C)C(c3ccccc3)C2=O)c1. The van der Waals surface area contributed by atoms with Crippen molar-refractivity contribution < 1.29 is 4.79 Å². The van der Waals surface area contributed by atoms with E-state index < -0.39 is 0 Å². The van der Waals surface area contributed by atoms with Crippen LogP contribution < -0.4 is 5.73 Å². The Morgan fingerprint density at radius 2 is 1.85 bits per heavy atom. The van der Waals surface area contributed by atoms with Crippen molar-refractivity contribution in [3.8, 4) is 0 Å². The second-order valence-corrected chi connectivity index (χ2v) is 7.29. The topological polar surface area (TPSA) is 46.3 Å². The summed E-state index contributed by atoms with van der Waals surface area (Å²) in [5.41, 5.74) is 9.82. The van der Waals surface area contributed by atoms with Gasteiger partial charge in [-0.25, -0.2) is 0 Å². The van der Waals surface area contributed by atoms with E-state index in [2.05, 4.69) is 13.0 Å². The molecule has 4 heteroatoms. The van der Waals surface area contributed by atoms with Gasteiger partial charge in [-0.15, -0.1) is 0 Å². The minimum atomic E-state index is -0.381. The number of halogens is 1. The van der Waals surface area contributed by atoms with Crippen molar-refractivity contribution in [2.75, 3.05) is 7.05 Å². The number of Topliss-reactive ketones (excluding diaryl/α,β-unsaturated/α-hetero) is 1. The number of carbonyl (C=O) groups is 1. The fourth-order valence-corrected chi connectivity index (χ4v) is 3.83. The van der Waals surface area contributed by atoms with Crippen LogP contribution in [-0.2, 0) is 11.2 Å². The fraction of sp³-hybridized carbons (Fsp3) is 0.318. The Hall–Kier alpha value is -2.26. The van der Waals surface area contributed by atoms with Crippen LogP contribution in [0.3, 0.4) is 0 Å². The number of ketones is 1. The monoisotopic (exact) mass is 368 g/mol. The van der Waals surface area contributed by atoms with Gasteiger partial charge in [0.1, 0.15) is 11.9 Å². The summed E-state index contributed by atoms with van der Waals surface area (Å²) in [4.78, 5) is 15.0. The molecule has 0 aliphatic carbocycles. The molecule has 0 fully saturated rings. The van der Waals surface area contributed by atoms with Gasteiger partial charge in [0.05, 0.1) is 5.57 Å². The zero-order valence-electron chi connectivity index (χ0n) is 15.3. The number of likely N-dealkylation sites (N-methyl/N-ethyl adjacent to an activating group) is 1. The van der Waals surface area contributed by atoms with Gasteiger partial charge < -0.3 is 10.6 Å². The molecule has 0 amide bonds. The first-order valence-corrected chi connectivity index (χ1v) is 9.52. The van der Waals surface area contributed by atoms with Gasteiger partial charge in [0.2, 0.25) is 0 Å². The van der Waals surface area contributed by atoms with E-state index in [1.54, 1.807) is 0 Å². The summed E-state index contributed by atoms with van der Waals surface area (Å²) in [5.74, 6) is 0.531. The van der Waals surface area contributed by atoms with Crippen LogP contribution >= 0.6 is 11.6 Å². The number of benzene rings is 2. The molecular weight excluding hydrogens is 344 g/mol. The smallest absolute Gasteiger partial charge is 0.194 e. The van der Waals surface area contributed by atoms with Crippen molar-refractivity contribution in [2.45, 2.75) is 38.6 Å². The van der Waals surface area contributed by atoms with Crippen molar-refractivity contribution >= 4 is 23.0 Å². The molecule has 1 aliphatic rings. The average molecular weight is 369 g/mol. The molecule has 26 heavy (non-hydrogen) atoms. The summed E-state index contributed by atoms with van der Waals surface area (Å²) in [6, 6.07) is 15.2. The molecule has 0 saturated carbocycles. The van der Waals surface area contributed by atoms with E-state index in [0.717, 1.165) is 29.5 Å². The molecule has 0 aromatic heterocycles. The van der Waals surface area contributed by atoms with Crippen LogP contribution in [0.5, 0.6) is 0 Å². The van der Waals surface area contributed by atoms with Crippen molar-refractivity contribution in [3.05, 3.63) is 76.1 Å². The molecule has 1 unspecified atom stereocenters. The second kappa shape index (κ2) is 7.96. The van der Waals surface area contributed by atoms with Crippen molar-refractivity contribution in [2.24, 2.45) is 5.73 Å². The lowest BCUT2D eigenvalue weighted by atomic mass is 9.94. The Balaban J connectivity index is 1.94. The number of rotatable bonds is 6. The highest BCUT2D eigenvalue weighted by molar-refractivity contribution is 6.32. The lowest BCUT2D eigenvalue weighted by Crippen LogP contribution is -2.25. The van der Waals surface area contributed by atoms with E-state index >= 15 is 0 Å². The van der Waals surface area contributed by atoms with E-state index in [4.69, 9.17) is 17.3 Å². The molecule has 0 spiro atoms. The van der Waals surface area contributed by atoms with E-state index in [-0.39, 0.29) is 11.8 Å². The minimum Gasteiger partial charge on any atom is -0.385 e. The maximum Gasteiger partial charge on any atom is 0.194 e. The minimum absolute atomic E-state index is 0.0259. The highest BCUT2D eigenvalue weighted by Crippen LogP contribution is 2.38. The van der Waals surface area contributed by atoms with Gasteiger partial charge in [0.25, 0.3) is 0 Å². The number of nitrogens with two attached hydrogens (primary N) is 1. The number of nitrogens with zero attached hydrogens (tertiary/aromatic N) is 1. The number of carbonyl (C=O) groups excluding carboxylic acids is 1. The summed E-state index contributed by atoms with van der Waals surface area (Å²) >= 11 is 6.34. The summed E-state index contributed by atoms with van der Waals surface area (Å²) in [6.45, 7) is 2.19. The third-order valence-corrected chi connectivity index (χ3v) is 5.17. The maximum atomic E-state index is 13.2. The zero-order valence-corrected chi connectivity index (χ0v) is 16.1. The van der Waals surface area contributed by atoms with Crippen LogP contribution in [0.15, 0.2) is 54.4 Å². The zero-order chi connectivity index (χ0) is 18.7. The van der Waals surface area contributed by atoms with Crippen LogP contribution in [0, 0.1) is 0 Å². The molecule has 1 aliphatic heterocycles. The lowest BCUT2D eigenvalue weighted by molar-refractivity contribution is -0.116. The Kier molecular flexibility index (Phi) is 5.67. The number of hydrogen-bond acceptors (Lipinski definition) is 3. The first kappa shape index (κ1) is 18.5. The summed E-state index contributed by atoms with van der Waals surface area (Å²) in [5, 5.41) is 0.646. The summed E-state index contributed by atoms with van der Waals surface area (Å²) < 4.78 is 0. The summed E-state index contributed by atoms with van der Waals surface area (Å²) in [7, 11) is 1.87. The molecule has 2 aromatic carbocycles. The van der Waals surface area contributed by atoms with Gasteiger partial charge in [-0.1, -0.05) is 67.8 Å². The Morgan fingerprint density at radius 1 is 1.12 bits per heavy atom. The van der Waals surface area contributed by atoms with Crippen LogP contribution in [-0.4, -0.2) is 17.7 Å². The molecule has 1 atom stereocenters. The molecule has 0 radical (unpaired) electrons. The molecular formula is C22H25ClN2O. The molecule has 1 heterocycles. The van der Waals surface area contributed by atoms with Gasteiger partial charge in [-0.3, -0.25) is 4.79 Å². The predicted octanol–water partition coefficient (Wildman–Crippen LogP) is 4.96. The van der Waals surface area contributed by atoms with Crippen LogP contribution in [0.1, 0.15) is 48.9 Å². The maximum absolute atomic E-state index is 13.2. The van der Waals surface area contributed by atoms with Gasteiger partial charge in [0.15, 0.2) is 5.78 Å². The first-order valence-electron chi connectivity index (χ1n) is 9.14. The fourth-order valence-electron chi connectivity index (χ4n) is 3.57. The lowest BCUT2D eigenvalue weighted by Gasteiger charge is -2.21. The van der Waals surface area contributed by atoms with Gasteiger partial charge in [-0.2, -0.15) is 0 Å². The van der Waals surface area contributed by atoms with Crippen LogP contribution in [0.25, 0.3) is 5.57 Å². The molecule has 3 nitrogen and oxygen atoms in total. The quantitative estimate of drug-likeness (QED) is 0.733. The normalized spacial score (nSPS) is 17.3. The van der Waals surface area contributed by atoms with Crippen LogP contribution in [0.2, 0.25) is 5.02 Å². The third-order valence-electron chi connectivity index (χ3n) is 4.95. The summed E-state index contributed by atoms with van der Waals surface area (Å²) in [6.07, 6.45) is 4.43. The van der Waals surface area contributed by atoms with Crippen LogP contribution in [0.4, 0.5) is 0 Å². The molecule has 2 aromatic rings. The Labute approximate surface area is 160 Å². The van der Waals surface area contributed by atoms with Gasteiger partial charge in [0, 0.05) is 12.1 Å². The third kappa shape index (κ3) is 3.63. The number of unbranched alkanes of at least 4 members (excludes halogenated alkanes) is 2. The highest BCUT2D eigenvalue weighted by atomic mass is 35.5. The highest BCUT2D eigenvalue weighted by Gasteiger charge is 2.38. The Bertz CT molecular complexity index is 829. The van der Waals surface area contributed by atoms with Crippen molar-refractivity contribution in [1.82, 2.24) is 4.90 Å². The van der Waals surface area contributed by atoms with Crippen molar-refractivity contribution in [3.63, 3.8) is 0 Å². The van der Waals surface area contributed by atoms with E-state index in [1.807, 2.05) is 54.4 Å². The van der Waals surface area contributed by atoms with E-state index in [1.165, 1.54) is 12.8 Å². The van der Waals surface area contributed by atoms with Gasteiger partial charge >= 0.3 is 0 Å². The number of hydrogen-bond donors (Lipinski definition) is 1. The molecule has 0 saturated heterocycles. The molecule has 2 N–H and O–H groups in total. The Morgan fingerprint density at radius 3 is 2.54 bits per heavy atom. The number of aryl methyl sites for hydroxylation is 1. The first-order chi connectivity index (χ1) is 12.5. The van der Waals surface area contributed by atoms with Crippen molar-refractivity contribution in [1.29, 1.82) is 0 Å².